The molecule has 0 fully saturated rings. The second-order valence-corrected chi connectivity index (χ2v) is 19.3. The molecule has 0 rings (SSSR count). The standard InChI is InChI=1S/C66H108O6/c1-4-7-10-13-16-19-22-25-28-31-33-36-38-41-44-47-50-53-56-59-65(68)71-62-63(61-70-64(67)58-55-52-49-46-43-40-37-34-30-27-24-21-18-15-12-9-6-3)72-66(69)60-57-54-51-48-45-42-39-35-32-29-26-23-20-17-14-11-8-5-2/h7,10-11,14,16-21,23,25-30,32,35,39,63H,4-6,8-9,12-13,15,22,24,31,33-34,36-38,40-62H2,1-3H3/b10-7-,14-11-,19-16-,20-17-,21-18-,26-23-,28-25-,30-27-,32-29-,39-35-. The minimum atomic E-state index is -0.802. The van der Waals surface area contributed by atoms with E-state index < -0.39 is 6.10 Å². The van der Waals surface area contributed by atoms with Gasteiger partial charge in [-0.25, -0.2) is 0 Å². The smallest absolute Gasteiger partial charge is 0.306 e. The molecule has 0 aliphatic carbocycles. The van der Waals surface area contributed by atoms with Crippen LogP contribution in [0.3, 0.4) is 0 Å². The lowest BCUT2D eigenvalue weighted by molar-refractivity contribution is -0.167. The van der Waals surface area contributed by atoms with Gasteiger partial charge in [0.05, 0.1) is 0 Å². The number of carbonyl (C=O) groups is 3. The zero-order chi connectivity index (χ0) is 52.2. The lowest BCUT2D eigenvalue weighted by Gasteiger charge is -2.18. The van der Waals surface area contributed by atoms with Gasteiger partial charge in [0.15, 0.2) is 6.10 Å². The van der Waals surface area contributed by atoms with Gasteiger partial charge in [-0.15, -0.1) is 0 Å². The SMILES string of the molecule is CC/C=C\C/C=C\C/C=C\CCCCCCCCCCCC(=O)OCC(COC(=O)CCCCCCCCC/C=C\C/C=C\CCCCC)OC(=O)CCCCCCC\C=C/C=C\C=C/C=C\C=C/CCC. The maximum Gasteiger partial charge on any atom is 0.306 e. The van der Waals surface area contributed by atoms with Gasteiger partial charge in [0.1, 0.15) is 13.2 Å². The first-order valence-electron chi connectivity index (χ1n) is 29.6. The van der Waals surface area contributed by atoms with Crippen LogP contribution in [0.1, 0.15) is 258 Å². The average Bonchev–Trinajstić information content (AvgIpc) is 3.38. The third kappa shape index (κ3) is 56.7. The van der Waals surface area contributed by atoms with Crippen molar-refractivity contribution in [1.29, 1.82) is 0 Å². The van der Waals surface area contributed by atoms with Gasteiger partial charge in [0.2, 0.25) is 0 Å². The molecule has 1 atom stereocenters. The largest absolute Gasteiger partial charge is 0.462 e. The summed E-state index contributed by atoms with van der Waals surface area (Å²) in [5.41, 5.74) is 0. The summed E-state index contributed by atoms with van der Waals surface area (Å²) in [7, 11) is 0. The van der Waals surface area contributed by atoms with E-state index in [1.54, 1.807) is 0 Å². The molecule has 6 heteroatoms. The molecular weight excluding hydrogens is 889 g/mol. The van der Waals surface area contributed by atoms with E-state index in [0.29, 0.717) is 19.3 Å². The first kappa shape index (κ1) is 67.8. The van der Waals surface area contributed by atoms with E-state index in [2.05, 4.69) is 118 Å². The van der Waals surface area contributed by atoms with Crippen molar-refractivity contribution in [2.75, 3.05) is 13.2 Å². The van der Waals surface area contributed by atoms with Crippen molar-refractivity contribution in [3.8, 4) is 0 Å². The van der Waals surface area contributed by atoms with Gasteiger partial charge in [0, 0.05) is 19.3 Å². The van der Waals surface area contributed by atoms with Crippen molar-refractivity contribution in [2.24, 2.45) is 0 Å². The Morgan fingerprint density at radius 2 is 0.625 bits per heavy atom. The molecule has 0 radical (unpaired) electrons. The van der Waals surface area contributed by atoms with Crippen molar-refractivity contribution in [1.82, 2.24) is 0 Å². The number of hydrogen-bond donors (Lipinski definition) is 0. The van der Waals surface area contributed by atoms with Crippen LogP contribution >= 0.6 is 0 Å². The Morgan fingerprint density at radius 3 is 1.03 bits per heavy atom. The fraction of sp³-hybridized carbons (Fsp3) is 0.652. The lowest BCUT2D eigenvalue weighted by Crippen LogP contribution is -2.30. The Kier molecular flexibility index (Phi) is 55.9. The van der Waals surface area contributed by atoms with Crippen molar-refractivity contribution < 1.29 is 28.6 Å². The van der Waals surface area contributed by atoms with Gasteiger partial charge in [0.25, 0.3) is 0 Å². The Balaban J connectivity index is 4.48. The van der Waals surface area contributed by atoms with Crippen LogP contribution in [0.2, 0.25) is 0 Å². The molecule has 0 aliphatic rings. The highest BCUT2D eigenvalue weighted by molar-refractivity contribution is 5.71. The highest BCUT2D eigenvalue weighted by atomic mass is 16.6. The number of rotatable bonds is 52. The summed E-state index contributed by atoms with van der Waals surface area (Å²) in [5.74, 6) is -0.934. The maximum absolute atomic E-state index is 12.9. The zero-order valence-electron chi connectivity index (χ0n) is 46.7. The second-order valence-electron chi connectivity index (χ2n) is 19.3. The summed E-state index contributed by atoms with van der Waals surface area (Å²) in [6, 6.07) is 0. The Morgan fingerprint density at radius 1 is 0.306 bits per heavy atom. The topological polar surface area (TPSA) is 78.9 Å². The van der Waals surface area contributed by atoms with Gasteiger partial charge in [-0.3, -0.25) is 14.4 Å². The number of esters is 3. The molecule has 0 spiro atoms. The van der Waals surface area contributed by atoms with Gasteiger partial charge >= 0.3 is 17.9 Å². The third-order valence-electron chi connectivity index (χ3n) is 12.3. The molecule has 0 saturated carbocycles. The number of carbonyl (C=O) groups excluding carboxylic acids is 3. The van der Waals surface area contributed by atoms with E-state index in [0.717, 1.165) is 116 Å². The van der Waals surface area contributed by atoms with Crippen LogP contribution in [0.25, 0.3) is 0 Å². The Labute approximate surface area is 443 Å². The summed E-state index contributed by atoms with van der Waals surface area (Å²) in [6.45, 7) is 6.39. The molecule has 0 heterocycles. The molecule has 0 saturated heterocycles. The monoisotopic (exact) mass is 997 g/mol. The van der Waals surface area contributed by atoms with E-state index >= 15 is 0 Å². The summed E-state index contributed by atoms with van der Waals surface area (Å²) in [4.78, 5) is 38.3. The Bertz CT molecular complexity index is 1520. The van der Waals surface area contributed by atoms with Gasteiger partial charge in [-0.2, -0.15) is 0 Å². The summed E-state index contributed by atoms with van der Waals surface area (Å²) < 4.78 is 16.9. The van der Waals surface area contributed by atoms with E-state index in [-0.39, 0.29) is 31.1 Å². The molecule has 0 aromatic carbocycles. The summed E-state index contributed by atoms with van der Waals surface area (Å²) in [6.07, 6.45) is 81.8. The molecule has 6 nitrogen and oxygen atoms in total. The molecule has 408 valence electrons. The van der Waals surface area contributed by atoms with E-state index in [1.807, 2.05) is 24.3 Å². The molecular formula is C66H108O6. The molecule has 0 aromatic rings. The van der Waals surface area contributed by atoms with Gasteiger partial charge in [-0.1, -0.05) is 258 Å². The van der Waals surface area contributed by atoms with Crippen LogP contribution in [0.15, 0.2) is 122 Å². The molecule has 0 aromatic heterocycles. The summed E-state index contributed by atoms with van der Waals surface area (Å²) >= 11 is 0. The molecule has 0 amide bonds. The first-order chi connectivity index (χ1) is 35.5. The number of hydrogen-bond acceptors (Lipinski definition) is 6. The first-order valence-corrected chi connectivity index (χ1v) is 29.6. The highest BCUT2D eigenvalue weighted by Gasteiger charge is 2.19. The third-order valence-corrected chi connectivity index (χ3v) is 12.3. The van der Waals surface area contributed by atoms with E-state index in [4.69, 9.17) is 14.2 Å². The van der Waals surface area contributed by atoms with E-state index in [9.17, 15) is 14.4 Å². The van der Waals surface area contributed by atoms with Gasteiger partial charge in [-0.05, 0) is 103 Å². The normalized spacial score (nSPS) is 13.0. The van der Waals surface area contributed by atoms with Crippen LogP contribution < -0.4 is 0 Å². The minimum absolute atomic E-state index is 0.0969. The lowest BCUT2D eigenvalue weighted by atomic mass is 10.1. The maximum atomic E-state index is 12.9. The number of allylic oxidation sites excluding steroid dienone is 20. The van der Waals surface area contributed by atoms with Crippen molar-refractivity contribution in [3.63, 3.8) is 0 Å². The van der Waals surface area contributed by atoms with Gasteiger partial charge < -0.3 is 14.2 Å². The van der Waals surface area contributed by atoms with Crippen molar-refractivity contribution in [3.05, 3.63) is 122 Å². The Hall–Kier alpha value is -4.19. The van der Waals surface area contributed by atoms with Crippen LogP contribution in [0, 0.1) is 0 Å². The fourth-order valence-electron chi connectivity index (χ4n) is 7.87. The predicted molar refractivity (Wildman–Crippen MR) is 311 cm³/mol. The number of ether oxygens (including phenoxy) is 3. The molecule has 72 heavy (non-hydrogen) atoms. The van der Waals surface area contributed by atoms with Crippen molar-refractivity contribution in [2.45, 2.75) is 264 Å². The zero-order valence-corrected chi connectivity index (χ0v) is 46.7. The molecule has 0 aliphatic heterocycles. The molecule has 1 unspecified atom stereocenters. The fourth-order valence-corrected chi connectivity index (χ4v) is 7.87. The molecule has 0 bridgehead atoms. The van der Waals surface area contributed by atoms with Crippen LogP contribution in [0.5, 0.6) is 0 Å². The predicted octanol–water partition coefficient (Wildman–Crippen LogP) is 20.0. The second kappa shape index (κ2) is 59.4. The number of unbranched alkanes of at least 4 members (excludes halogenated alkanes) is 25. The minimum Gasteiger partial charge on any atom is -0.462 e. The van der Waals surface area contributed by atoms with E-state index in [1.165, 1.54) is 103 Å². The van der Waals surface area contributed by atoms with Crippen LogP contribution in [0.4, 0.5) is 0 Å². The highest BCUT2D eigenvalue weighted by Crippen LogP contribution is 2.15. The quantitative estimate of drug-likeness (QED) is 0.0199. The van der Waals surface area contributed by atoms with Crippen LogP contribution in [-0.4, -0.2) is 37.2 Å². The van der Waals surface area contributed by atoms with Crippen molar-refractivity contribution >= 4 is 17.9 Å². The van der Waals surface area contributed by atoms with Crippen LogP contribution in [-0.2, 0) is 28.6 Å². The summed E-state index contributed by atoms with van der Waals surface area (Å²) in [5, 5.41) is 0. The molecule has 0 N–H and O–H groups in total. The average molecular weight is 998 g/mol.